The van der Waals surface area contributed by atoms with Gasteiger partial charge < -0.3 is 4.74 Å². The van der Waals surface area contributed by atoms with Crippen molar-refractivity contribution < 1.29 is 17.9 Å². The van der Waals surface area contributed by atoms with E-state index in [0.717, 1.165) is 27.8 Å². The summed E-state index contributed by atoms with van der Waals surface area (Å²) in [6, 6.07) is 25.6. The number of nitrogens with zero attached hydrogens (tertiary/aromatic N) is 1. The molecule has 0 aromatic heterocycles. The number of carbonyl (C=O) groups excluding carboxylic acids is 1. The molecular formula is C29H27NO4S. The molecule has 1 aliphatic carbocycles. The van der Waals surface area contributed by atoms with Gasteiger partial charge in [-0.2, -0.15) is 0 Å². The summed E-state index contributed by atoms with van der Waals surface area (Å²) in [4.78, 5) is 13.4. The third kappa shape index (κ3) is 3.78. The number of methoxy groups -OCH3 is 1. The molecule has 1 fully saturated rings. The van der Waals surface area contributed by atoms with Crippen LogP contribution in [0, 0.1) is 6.92 Å². The molecule has 35 heavy (non-hydrogen) atoms. The summed E-state index contributed by atoms with van der Waals surface area (Å²) >= 11 is 0. The molecular weight excluding hydrogens is 458 g/mol. The van der Waals surface area contributed by atoms with Gasteiger partial charge in [0.15, 0.2) is 0 Å². The Labute approximate surface area is 206 Å². The lowest BCUT2D eigenvalue weighted by atomic mass is 9.57. The van der Waals surface area contributed by atoms with Crippen LogP contribution in [0.4, 0.5) is 0 Å². The second-order valence-electron chi connectivity index (χ2n) is 9.02. The quantitative estimate of drug-likeness (QED) is 0.451. The van der Waals surface area contributed by atoms with Crippen LogP contribution in [0.2, 0.25) is 0 Å². The van der Waals surface area contributed by atoms with E-state index < -0.39 is 21.5 Å². The van der Waals surface area contributed by atoms with Crippen molar-refractivity contribution in [1.29, 1.82) is 0 Å². The highest BCUT2D eigenvalue weighted by molar-refractivity contribution is 7.89. The van der Waals surface area contributed by atoms with Crippen LogP contribution in [0.5, 0.6) is 0 Å². The molecule has 0 radical (unpaired) electrons. The first-order valence-electron chi connectivity index (χ1n) is 11.6. The minimum atomic E-state index is -3.84. The maximum Gasteiger partial charge on any atom is 0.321 e. The van der Waals surface area contributed by atoms with Crippen molar-refractivity contribution in [3.05, 3.63) is 125 Å². The van der Waals surface area contributed by atoms with E-state index in [1.807, 2.05) is 73.7 Å². The van der Waals surface area contributed by atoms with Crippen molar-refractivity contribution in [3.63, 3.8) is 0 Å². The van der Waals surface area contributed by atoms with Crippen LogP contribution < -0.4 is 0 Å². The number of hydrogen-bond acceptors (Lipinski definition) is 4. The Kier molecular flexibility index (Phi) is 5.85. The van der Waals surface area contributed by atoms with Crippen molar-refractivity contribution >= 4 is 16.0 Å². The molecule has 2 aliphatic rings. The highest BCUT2D eigenvalue weighted by Crippen LogP contribution is 2.55. The molecule has 0 saturated heterocycles. The van der Waals surface area contributed by atoms with E-state index in [1.54, 1.807) is 30.5 Å². The van der Waals surface area contributed by atoms with Crippen molar-refractivity contribution in [3.8, 4) is 0 Å². The molecule has 1 saturated carbocycles. The zero-order chi connectivity index (χ0) is 24.6. The smallest absolute Gasteiger partial charge is 0.321 e. The molecule has 3 aromatic rings. The number of sulfonamides is 1. The third-order valence-corrected chi connectivity index (χ3v) is 8.76. The zero-order valence-corrected chi connectivity index (χ0v) is 20.5. The monoisotopic (exact) mass is 485 g/mol. The van der Waals surface area contributed by atoms with Gasteiger partial charge in [-0.3, -0.25) is 9.10 Å². The Bertz CT molecular complexity index is 1410. The van der Waals surface area contributed by atoms with E-state index in [-0.39, 0.29) is 10.9 Å². The lowest BCUT2D eigenvalue weighted by Gasteiger charge is -2.44. The van der Waals surface area contributed by atoms with Crippen LogP contribution in [0.3, 0.4) is 0 Å². The highest BCUT2D eigenvalue weighted by Gasteiger charge is 2.55. The number of allylic oxidation sites excluding steroid dienone is 1. The number of benzene rings is 3. The van der Waals surface area contributed by atoms with E-state index in [0.29, 0.717) is 12.8 Å². The van der Waals surface area contributed by atoms with Crippen LogP contribution in [0.25, 0.3) is 0 Å². The number of esters is 1. The summed E-state index contributed by atoms with van der Waals surface area (Å²) in [6.07, 6.45) is 4.53. The lowest BCUT2D eigenvalue weighted by molar-refractivity contribution is -0.147. The lowest BCUT2D eigenvalue weighted by Crippen LogP contribution is -2.47. The van der Waals surface area contributed by atoms with Crippen LogP contribution in [-0.2, 0) is 25.0 Å². The predicted molar refractivity (Wildman–Crippen MR) is 135 cm³/mol. The minimum absolute atomic E-state index is 0.242. The average molecular weight is 486 g/mol. The molecule has 6 heteroatoms. The number of aryl methyl sites for hydroxylation is 1. The summed E-state index contributed by atoms with van der Waals surface area (Å²) in [5.74, 6) is -0.335. The Morgan fingerprint density at radius 1 is 0.943 bits per heavy atom. The Hall–Kier alpha value is -3.64. The van der Waals surface area contributed by atoms with Gasteiger partial charge in [0.2, 0.25) is 0 Å². The summed E-state index contributed by atoms with van der Waals surface area (Å²) in [7, 11) is -2.45. The molecule has 0 bridgehead atoms. The minimum Gasteiger partial charge on any atom is -0.468 e. The van der Waals surface area contributed by atoms with Gasteiger partial charge in [0.25, 0.3) is 10.0 Å². The molecule has 1 heterocycles. The summed E-state index contributed by atoms with van der Waals surface area (Å²) in [5, 5.41) is 0. The van der Waals surface area contributed by atoms with Crippen LogP contribution >= 0.6 is 0 Å². The van der Waals surface area contributed by atoms with Crippen molar-refractivity contribution in [2.24, 2.45) is 0 Å². The topological polar surface area (TPSA) is 63.7 Å². The molecule has 2 atom stereocenters. The molecule has 178 valence electrons. The molecule has 3 aromatic carbocycles. The summed E-state index contributed by atoms with van der Waals surface area (Å²) < 4.78 is 34.5. The largest absolute Gasteiger partial charge is 0.468 e. The zero-order valence-electron chi connectivity index (χ0n) is 19.7. The highest BCUT2D eigenvalue weighted by atomic mass is 32.2. The number of fused-ring (bicyclic) bond motifs is 1. The molecule has 0 N–H and O–H groups in total. The molecule has 0 unspecified atom stereocenters. The molecule has 0 spiro atoms. The van der Waals surface area contributed by atoms with Gasteiger partial charge in [-0.05, 0) is 54.2 Å². The van der Waals surface area contributed by atoms with Crippen molar-refractivity contribution in [2.45, 2.75) is 36.1 Å². The van der Waals surface area contributed by atoms with Crippen LogP contribution in [-0.4, -0.2) is 25.8 Å². The SMILES string of the molecule is COC(=O)[C@@]1(c2ccccc2)CC2=CN(S(=O)(=O)c3ccc(C)cc3)[C@H](c3ccccc3)CC=C21. The van der Waals surface area contributed by atoms with Gasteiger partial charge in [-0.1, -0.05) is 84.4 Å². The Morgan fingerprint density at radius 2 is 1.57 bits per heavy atom. The van der Waals surface area contributed by atoms with E-state index in [2.05, 4.69) is 0 Å². The van der Waals surface area contributed by atoms with Gasteiger partial charge in [0.1, 0.15) is 5.41 Å². The van der Waals surface area contributed by atoms with Gasteiger partial charge in [-0.25, -0.2) is 8.42 Å². The van der Waals surface area contributed by atoms with Gasteiger partial charge in [0.05, 0.1) is 18.0 Å². The van der Waals surface area contributed by atoms with Crippen molar-refractivity contribution in [2.75, 3.05) is 7.11 Å². The van der Waals surface area contributed by atoms with Crippen LogP contribution in [0.1, 0.15) is 35.6 Å². The first-order valence-corrected chi connectivity index (χ1v) is 13.0. The summed E-state index contributed by atoms with van der Waals surface area (Å²) in [5.41, 5.74) is 3.44. The van der Waals surface area contributed by atoms with E-state index in [9.17, 15) is 13.2 Å². The fourth-order valence-electron chi connectivity index (χ4n) is 5.12. The van der Waals surface area contributed by atoms with Crippen LogP contribution in [0.15, 0.2) is 113 Å². The normalized spacial score (nSPS) is 21.7. The Morgan fingerprint density at radius 3 is 2.20 bits per heavy atom. The van der Waals surface area contributed by atoms with Crippen molar-refractivity contribution in [1.82, 2.24) is 4.31 Å². The van der Waals surface area contributed by atoms with Gasteiger partial charge in [0, 0.05) is 6.20 Å². The van der Waals surface area contributed by atoms with E-state index >= 15 is 0 Å². The Balaban J connectivity index is 1.65. The molecule has 5 nitrogen and oxygen atoms in total. The van der Waals surface area contributed by atoms with Gasteiger partial charge >= 0.3 is 5.97 Å². The maximum absolute atomic E-state index is 13.9. The third-order valence-electron chi connectivity index (χ3n) is 6.98. The predicted octanol–water partition coefficient (Wildman–Crippen LogP) is 5.46. The van der Waals surface area contributed by atoms with E-state index in [1.165, 1.54) is 11.4 Å². The van der Waals surface area contributed by atoms with Gasteiger partial charge in [-0.15, -0.1) is 0 Å². The molecule has 5 rings (SSSR count). The number of hydrogen-bond donors (Lipinski definition) is 0. The average Bonchev–Trinajstić information content (AvgIpc) is 3.03. The van der Waals surface area contributed by atoms with E-state index in [4.69, 9.17) is 4.74 Å². The standard InChI is InChI=1S/C29H27NO4S/c1-21-13-15-25(16-14-21)35(32,33)30-20-23-19-29(28(31)34-2,24-11-7-4-8-12-24)26(23)17-18-27(30)22-9-5-3-6-10-22/h3-17,20,27H,18-19H2,1-2H3/t27-,29+/m0/s1. The maximum atomic E-state index is 13.9. The second-order valence-corrected chi connectivity index (χ2v) is 10.9. The first kappa shape index (κ1) is 23.1. The first-order chi connectivity index (χ1) is 16.9. The summed E-state index contributed by atoms with van der Waals surface area (Å²) in [6.45, 7) is 1.93. The molecule has 1 aliphatic heterocycles. The fraction of sp³-hybridized carbons (Fsp3) is 0.207. The molecule has 0 amide bonds. The fourth-order valence-corrected chi connectivity index (χ4v) is 6.65. The second kappa shape index (κ2) is 8.86. The number of carbonyl (C=O) groups is 1. The number of ether oxygens (including phenoxy) is 1. The number of rotatable bonds is 5.